The minimum Gasteiger partial charge on any atom is -0.326 e. The number of nitrogens with zero attached hydrogens (tertiary/aromatic N) is 1. The van der Waals surface area contributed by atoms with Crippen LogP contribution in [0.25, 0.3) is 0 Å². The quantitative estimate of drug-likeness (QED) is 0.847. The van der Waals surface area contributed by atoms with E-state index in [1.54, 1.807) is 0 Å². The molecule has 0 bridgehead atoms. The summed E-state index contributed by atoms with van der Waals surface area (Å²) in [7, 11) is 0. The SMILES string of the molecule is O=C(Nc1ccccc1)C1CSC23CC=CCC2=NC=CC13. The van der Waals surface area contributed by atoms with Crippen LogP contribution in [0, 0.1) is 11.8 Å². The van der Waals surface area contributed by atoms with Gasteiger partial charge < -0.3 is 5.32 Å². The number of hydrogen-bond acceptors (Lipinski definition) is 3. The van der Waals surface area contributed by atoms with E-state index in [0.717, 1.165) is 24.3 Å². The van der Waals surface area contributed by atoms with Crippen molar-refractivity contribution in [3.8, 4) is 0 Å². The molecule has 1 saturated heterocycles. The molecule has 0 aromatic heterocycles. The fourth-order valence-electron chi connectivity index (χ4n) is 3.65. The molecule has 2 aliphatic heterocycles. The summed E-state index contributed by atoms with van der Waals surface area (Å²) in [5.41, 5.74) is 2.11. The molecule has 3 nitrogen and oxygen atoms in total. The topological polar surface area (TPSA) is 41.5 Å². The Morgan fingerprint density at radius 1 is 1.27 bits per heavy atom. The molecule has 1 aromatic carbocycles. The summed E-state index contributed by atoms with van der Waals surface area (Å²) in [5.74, 6) is 1.25. The minimum atomic E-state index is 0.0125. The summed E-state index contributed by atoms with van der Waals surface area (Å²) in [6, 6.07) is 9.71. The zero-order valence-electron chi connectivity index (χ0n) is 12.2. The number of amides is 1. The number of carbonyl (C=O) groups is 1. The molecular weight excluding hydrogens is 292 g/mol. The standard InChI is InChI=1S/C18H18N2OS/c21-17(20-13-6-2-1-3-7-13)14-12-22-18-10-5-4-8-16(18)19-11-9-15(14)18/h1-7,9,11,14-15H,8,10,12H2,(H,20,21). The molecular formula is C18H18N2OS. The number of benzene rings is 1. The van der Waals surface area contributed by atoms with Gasteiger partial charge in [-0.25, -0.2) is 0 Å². The lowest BCUT2D eigenvalue weighted by Crippen LogP contribution is -2.44. The average molecular weight is 310 g/mol. The predicted octanol–water partition coefficient (Wildman–Crippen LogP) is 3.66. The van der Waals surface area contributed by atoms with Gasteiger partial charge in [-0.1, -0.05) is 36.4 Å². The first-order valence-corrected chi connectivity index (χ1v) is 8.67. The van der Waals surface area contributed by atoms with Crippen molar-refractivity contribution in [1.29, 1.82) is 0 Å². The first-order chi connectivity index (χ1) is 10.8. The van der Waals surface area contributed by atoms with Gasteiger partial charge in [0, 0.05) is 35.7 Å². The summed E-state index contributed by atoms with van der Waals surface area (Å²) in [6.07, 6.45) is 10.4. The second kappa shape index (κ2) is 5.43. The van der Waals surface area contributed by atoms with Crippen LogP contribution in [-0.2, 0) is 4.79 Å². The van der Waals surface area contributed by atoms with Crippen LogP contribution in [-0.4, -0.2) is 22.1 Å². The summed E-state index contributed by atoms with van der Waals surface area (Å²) >= 11 is 1.91. The number of rotatable bonds is 2. The van der Waals surface area contributed by atoms with E-state index in [2.05, 4.69) is 28.5 Å². The number of aliphatic imine (C=N–C) groups is 1. The van der Waals surface area contributed by atoms with Crippen molar-refractivity contribution >= 4 is 29.1 Å². The lowest BCUT2D eigenvalue weighted by Gasteiger charge is -2.38. The van der Waals surface area contributed by atoms with Crippen molar-refractivity contribution in [3.63, 3.8) is 0 Å². The Labute approximate surface area is 134 Å². The maximum atomic E-state index is 12.7. The Balaban J connectivity index is 1.58. The molecule has 3 atom stereocenters. The molecule has 1 fully saturated rings. The predicted molar refractivity (Wildman–Crippen MR) is 92.2 cm³/mol. The summed E-state index contributed by atoms with van der Waals surface area (Å²) in [6.45, 7) is 0. The lowest BCUT2D eigenvalue weighted by atomic mass is 9.73. The zero-order chi connectivity index (χ0) is 15.0. The van der Waals surface area contributed by atoms with Gasteiger partial charge >= 0.3 is 0 Å². The highest BCUT2D eigenvalue weighted by Gasteiger charge is 2.54. The van der Waals surface area contributed by atoms with Crippen LogP contribution in [0.1, 0.15) is 12.8 Å². The van der Waals surface area contributed by atoms with Crippen molar-refractivity contribution in [2.45, 2.75) is 17.6 Å². The lowest BCUT2D eigenvalue weighted by molar-refractivity contribution is -0.120. The van der Waals surface area contributed by atoms with Crippen molar-refractivity contribution < 1.29 is 4.79 Å². The van der Waals surface area contributed by atoms with E-state index in [-0.39, 0.29) is 22.5 Å². The van der Waals surface area contributed by atoms with Gasteiger partial charge in [0.1, 0.15) is 0 Å². The van der Waals surface area contributed by atoms with Crippen LogP contribution in [0.2, 0.25) is 0 Å². The van der Waals surface area contributed by atoms with E-state index >= 15 is 0 Å². The Bertz CT molecular complexity index is 680. The van der Waals surface area contributed by atoms with E-state index in [0.29, 0.717) is 0 Å². The highest BCUT2D eigenvalue weighted by molar-refractivity contribution is 8.01. The van der Waals surface area contributed by atoms with E-state index in [1.807, 2.05) is 48.3 Å². The molecule has 1 aromatic rings. The van der Waals surface area contributed by atoms with Gasteiger partial charge in [0.15, 0.2) is 0 Å². The van der Waals surface area contributed by atoms with Crippen molar-refractivity contribution in [2.75, 3.05) is 11.1 Å². The molecule has 1 spiro atoms. The minimum absolute atomic E-state index is 0.0125. The Morgan fingerprint density at radius 3 is 3.00 bits per heavy atom. The summed E-state index contributed by atoms with van der Waals surface area (Å²) in [4.78, 5) is 17.3. The molecule has 3 aliphatic rings. The van der Waals surface area contributed by atoms with E-state index in [1.165, 1.54) is 5.71 Å². The monoisotopic (exact) mass is 310 g/mol. The fourth-order valence-corrected chi connectivity index (χ4v) is 5.44. The van der Waals surface area contributed by atoms with Gasteiger partial charge in [-0.2, -0.15) is 0 Å². The van der Waals surface area contributed by atoms with Gasteiger partial charge in [-0.15, -0.1) is 11.8 Å². The van der Waals surface area contributed by atoms with E-state index < -0.39 is 0 Å². The smallest absolute Gasteiger partial charge is 0.228 e. The third-order valence-electron chi connectivity index (χ3n) is 4.78. The highest BCUT2D eigenvalue weighted by Crippen LogP contribution is 2.53. The molecule has 4 rings (SSSR count). The summed E-state index contributed by atoms with van der Waals surface area (Å²) in [5, 5.41) is 3.07. The number of anilines is 1. The van der Waals surface area contributed by atoms with Gasteiger partial charge in [0.2, 0.25) is 5.91 Å². The number of hydrogen-bond donors (Lipinski definition) is 1. The fraction of sp³-hybridized carbons (Fsp3) is 0.333. The molecule has 3 unspecified atom stereocenters. The van der Waals surface area contributed by atoms with Crippen LogP contribution in [0.4, 0.5) is 5.69 Å². The normalized spacial score (nSPS) is 32.1. The summed E-state index contributed by atoms with van der Waals surface area (Å²) < 4.78 is 0.0161. The molecule has 0 radical (unpaired) electrons. The van der Waals surface area contributed by atoms with Crippen molar-refractivity contribution in [1.82, 2.24) is 0 Å². The zero-order valence-corrected chi connectivity index (χ0v) is 13.1. The average Bonchev–Trinajstić information content (AvgIpc) is 2.93. The molecule has 112 valence electrons. The van der Waals surface area contributed by atoms with E-state index in [4.69, 9.17) is 0 Å². The second-order valence-corrected chi connectivity index (χ2v) is 7.34. The number of allylic oxidation sites excluding steroid dienone is 3. The number of nitrogens with one attached hydrogen (secondary N) is 1. The van der Waals surface area contributed by atoms with Gasteiger partial charge in [0.25, 0.3) is 0 Å². The van der Waals surface area contributed by atoms with Crippen LogP contribution in [0.15, 0.2) is 59.8 Å². The maximum absolute atomic E-state index is 12.7. The van der Waals surface area contributed by atoms with Crippen molar-refractivity contribution in [2.24, 2.45) is 16.8 Å². The van der Waals surface area contributed by atoms with Crippen LogP contribution >= 0.6 is 11.8 Å². The first kappa shape index (κ1) is 13.8. The van der Waals surface area contributed by atoms with Gasteiger partial charge in [-0.05, 0) is 18.6 Å². The number of carbonyl (C=O) groups excluding carboxylic acids is 1. The highest BCUT2D eigenvalue weighted by atomic mass is 32.2. The molecule has 2 heterocycles. The van der Waals surface area contributed by atoms with Gasteiger partial charge in [-0.3, -0.25) is 9.79 Å². The molecule has 22 heavy (non-hydrogen) atoms. The molecule has 4 heteroatoms. The first-order valence-electron chi connectivity index (χ1n) is 7.68. The number of thioether (sulfide) groups is 1. The van der Waals surface area contributed by atoms with E-state index in [9.17, 15) is 4.79 Å². The molecule has 1 aliphatic carbocycles. The van der Waals surface area contributed by atoms with Crippen LogP contribution < -0.4 is 5.32 Å². The maximum Gasteiger partial charge on any atom is 0.228 e. The Hall–Kier alpha value is -1.81. The number of para-hydroxylation sites is 1. The third-order valence-corrected chi connectivity index (χ3v) is 6.50. The van der Waals surface area contributed by atoms with Crippen LogP contribution in [0.5, 0.6) is 0 Å². The third kappa shape index (κ3) is 2.13. The molecule has 1 N–H and O–H groups in total. The Kier molecular flexibility index (Phi) is 3.41. The molecule has 0 saturated carbocycles. The Morgan fingerprint density at radius 2 is 2.14 bits per heavy atom. The van der Waals surface area contributed by atoms with Crippen molar-refractivity contribution in [3.05, 3.63) is 54.8 Å². The second-order valence-electron chi connectivity index (χ2n) is 5.99. The largest absolute Gasteiger partial charge is 0.326 e. The molecule has 1 amide bonds. The van der Waals surface area contributed by atoms with Gasteiger partial charge in [0.05, 0.1) is 10.7 Å². The van der Waals surface area contributed by atoms with Crippen LogP contribution in [0.3, 0.4) is 0 Å².